The molecular weight excluding hydrogens is 400 g/mol. The van der Waals surface area contributed by atoms with Gasteiger partial charge < -0.3 is 4.90 Å². The lowest BCUT2D eigenvalue weighted by Crippen LogP contribution is -2.38. The van der Waals surface area contributed by atoms with E-state index in [-0.39, 0.29) is 17.7 Å². The van der Waals surface area contributed by atoms with E-state index in [0.717, 1.165) is 61.5 Å². The van der Waals surface area contributed by atoms with Crippen molar-refractivity contribution in [3.8, 4) is 0 Å². The fraction of sp³-hybridized carbons (Fsp3) is 0.538. The first-order chi connectivity index (χ1) is 15.6. The molecule has 2 amide bonds. The molecule has 6 heteroatoms. The monoisotopic (exact) mass is 432 g/mol. The number of carbonyl (C=O) groups is 2. The number of benzene rings is 1. The molecule has 2 aliphatic heterocycles. The lowest BCUT2D eigenvalue weighted by molar-refractivity contribution is -0.137. The summed E-state index contributed by atoms with van der Waals surface area (Å²) in [7, 11) is 0. The van der Waals surface area contributed by atoms with Crippen molar-refractivity contribution in [1.29, 1.82) is 0 Å². The number of hydrogen-bond donors (Lipinski definition) is 0. The third-order valence-corrected chi connectivity index (χ3v) is 7.36. The predicted octanol–water partition coefficient (Wildman–Crippen LogP) is 3.81. The van der Waals surface area contributed by atoms with E-state index in [9.17, 15) is 9.59 Å². The van der Waals surface area contributed by atoms with Gasteiger partial charge in [-0.2, -0.15) is 0 Å². The summed E-state index contributed by atoms with van der Waals surface area (Å²) in [4.78, 5) is 39.2. The Morgan fingerprint density at radius 1 is 1.09 bits per heavy atom. The van der Waals surface area contributed by atoms with Crippen molar-refractivity contribution < 1.29 is 9.59 Å². The molecule has 3 aliphatic rings. The summed E-state index contributed by atoms with van der Waals surface area (Å²) in [6.07, 6.45) is 7.23. The predicted molar refractivity (Wildman–Crippen MR) is 123 cm³/mol. The lowest BCUT2D eigenvalue weighted by Gasteiger charge is -2.30. The molecule has 32 heavy (non-hydrogen) atoms. The summed E-state index contributed by atoms with van der Waals surface area (Å²) < 4.78 is 0. The zero-order valence-corrected chi connectivity index (χ0v) is 18.9. The standard InChI is InChI=1S/C26H32N4O2/c1-18-22-12-13-23(31)30(15-6-9-19-7-3-2-4-8-19)25(22)28-24(27-18)21-14-16-29(17-21)26(32)20-10-5-11-20/h2-4,7-8,20-21H,5-6,9-17H2,1H3. The summed E-state index contributed by atoms with van der Waals surface area (Å²) >= 11 is 0. The van der Waals surface area contributed by atoms with E-state index in [0.29, 0.717) is 31.8 Å². The molecule has 1 saturated carbocycles. The number of nitrogens with zero attached hydrogens (tertiary/aromatic N) is 4. The van der Waals surface area contributed by atoms with Crippen LogP contribution >= 0.6 is 0 Å². The molecule has 0 N–H and O–H groups in total. The van der Waals surface area contributed by atoms with Crippen LogP contribution in [0.3, 0.4) is 0 Å². The molecule has 3 heterocycles. The molecule has 0 bridgehead atoms. The number of anilines is 1. The van der Waals surface area contributed by atoms with Gasteiger partial charge >= 0.3 is 0 Å². The van der Waals surface area contributed by atoms with Crippen LogP contribution in [0.1, 0.15) is 67.1 Å². The Morgan fingerprint density at radius 3 is 2.66 bits per heavy atom. The second-order valence-corrected chi connectivity index (χ2v) is 9.50. The highest BCUT2D eigenvalue weighted by atomic mass is 16.2. The van der Waals surface area contributed by atoms with E-state index >= 15 is 0 Å². The van der Waals surface area contributed by atoms with E-state index in [1.54, 1.807) is 0 Å². The molecule has 168 valence electrons. The van der Waals surface area contributed by atoms with Gasteiger partial charge in [0, 0.05) is 49.1 Å². The van der Waals surface area contributed by atoms with Gasteiger partial charge in [-0.1, -0.05) is 36.8 Å². The third kappa shape index (κ3) is 4.15. The SMILES string of the molecule is Cc1nc(C2CCN(C(=O)C3CCC3)C2)nc2c1CCC(=O)N2CCCc1ccccc1. The second kappa shape index (κ2) is 9.00. The minimum Gasteiger partial charge on any atom is -0.342 e. The highest BCUT2D eigenvalue weighted by Crippen LogP contribution is 2.35. The maximum Gasteiger partial charge on any atom is 0.228 e. The highest BCUT2D eigenvalue weighted by molar-refractivity contribution is 5.95. The van der Waals surface area contributed by atoms with Crippen molar-refractivity contribution in [2.75, 3.05) is 24.5 Å². The number of likely N-dealkylation sites (tertiary alicyclic amines) is 1. The third-order valence-electron chi connectivity index (χ3n) is 7.36. The van der Waals surface area contributed by atoms with Crippen molar-refractivity contribution in [3.63, 3.8) is 0 Å². The number of aromatic nitrogens is 2. The molecule has 1 aromatic heterocycles. The summed E-state index contributed by atoms with van der Waals surface area (Å²) in [5.74, 6) is 2.46. The average molecular weight is 433 g/mol. The maximum absolute atomic E-state index is 12.8. The minimum atomic E-state index is 0.155. The quantitative estimate of drug-likeness (QED) is 0.696. The number of fused-ring (bicyclic) bond motifs is 1. The molecule has 1 aliphatic carbocycles. The Kier molecular flexibility index (Phi) is 5.94. The van der Waals surface area contributed by atoms with Crippen LogP contribution in [0, 0.1) is 12.8 Å². The Labute approximate surface area is 190 Å². The molecule has 1 saturated heterocycles. The molecule has 5 rings (SSSR count). The summed E-state index contributed by atoms with van der Waals surface area (Å²) in [6.45, 7) is 4.20. The first kappa shape index (κ1) is 21.1. The molecular formula is C26H32N4O2. The normalized spacial score (nSPS) is 20.9. The van der Waals surface area contributed by atoms with Crippen LogP contribution in [-0.2, 0) is 22.4 Å². The van der Waals surface area contributed by atoms with Crippen LogP contribution in [0.4, 0.5) is 5.82 Å². The molecule has 1 aromatic carbocycles. The first-order valence-electron chi connectivity index (χ1n) is 12.1. The zero-order valence-electron chi connectivity index (χ0n) is 18.9. The Bertz CT molecular complexity index is 1000. The number of carbonyl (C=O) groups excluding carboxylic acids is 2. The van der Waals surface area contributed by atoms with Crippen LogP contribution < -0.4 is 4.90 Å². The summed E-state index contributed by atoms with van der Waals surface area (Å²) in [5.41, 5.74) is 3.38. The van der Waals surface area contributed by atoms with E-state index in [4.69, 9.17) is 9.97 Å². The molecule has 2 fully saturated rings. The Morgan fingerprint density at radius 2 is 1.91 bits per heavy atom. The van der Waals surface area contributed by atoms with Crippen molar-refractivity contribution in [2.24, 2.45) is 5.92 Å². The van der Waals surface area contributed by atoms with Crippen molar-refractivity contribution in [2.45, 2.75) is 64.2 Å². The highest BCUT2D eigenvalue weighted by Gasteiger charge is 2.36. The number of amides is 2. The minimum absolute atomic E-state index is 0.155. The van der Waals surface area contributed by atoms with Crippen molar-refractivity contribution >= 4 is 17.6 Å². The van der Waals surface area contributed by atoms with Gasteiger partial charge in [-0.3, -0.25) is 14.5 Å². The van der Waals surface area contributed by atoms with Crippen LogP contribution in [0.15, 0.2) is 30.3 Å². The molecule has 1 unspecified atom stereocenters. The van der Waals surface area contributed by atoms with E-state index < -0.39 is 0 Å². The van der Waals surface area contributed by atoms with E-state index in [2.05, 4.69) is 24.3 Å². The first-order valence-corrected chi connectivity index (χ1v) is 12.1. The van der Waals surface area contributed by atoms with Crippen molar-refractivity contribution in [1.82, 2.24) is 14.9 Å². The van der Waals surface area contributed by atoms with Gasteiger partial charge in [-0.25, -0.2) is 9.97 Å². The van der Waals surface area contributed by atoms with Gasteiger partial charge in [-0.05, 0) is 51.0 Å². The smallest absolute Gasteiger partial charge is 0.228 e. The number of aryl methyl sites for hydroxylation is 2. The molecule has 0 spiro atoms. The largest absolute Gasteiger partial charge is 0.342 e. The second-order valence-electron chi connectivity index (χ2n) is 9.50. The molecule has 6 nitrogen and oxygen atoms in total. The Balaban J connectivity index is 1.32. The molecule has 0 radical (unpaired) electrons. The van der Waals surface area contributed by atoms with Gasteiger partial charge in [-0.15, -0.1) is 0 Å². The topological polar surface area (TPSA) is 66.4 Å². The fourth-order valence-corrected chi connectivity index (χ4v) is 5.19. The fourth-order valence-electron chi connectivity index (χ4n) is 5.19. The Hall–Kier alpha value is -2.76. The van der Waals surface area contributed by atoms with Gasteiger partial charge in [0.25, 0.3) is 0 Å². The summed E-state index contributed by atoms with van der Waals surface area (Å²) in [6, 6.07) is 10.4. The average Bonchev–Trinajstić information content (AvgIpc) is 3.25. The summed E-state index contributed by atoms with van der Waals surface area (Å²) in [5, 5.41) is 0. The van der Waals surface area contributed by atoms with E-state index in [1.165, 1.54) is 12.0 Å². The van der Waals surface area contributed by atoms with Gasteiger partial charge in [0.2, 0.25) is 11.8 Å². The molecule has 1 atom stereocenters. The van der Waals surface area contributed by atoms with Crippen LogP contribution in [0.5, 0.6) is 0 Å². The van der Waals surface area contributed by atoms with E-state index in [1.807, 2.05) is 22.8 Å². The van der Waals surface area contributed by atoms with Crippen LogP contribution in [0.25, 0.3) is 0 Å². The zero-order chi connectivity index (χ0) is 22.1. The lowest BCUT2D eigenvalue weighted by atomic mass is 9.84. The number of rotatable bonds is 6. The van der Waals surface area contributed by atoms with Gasteiger partial charge in [0.05, 0.1) is 0 Å². The van der Waals surface area contributed by atoms with Gasteiger partial charge in [0.15, 0.2) is 0 Å². The number of hydrogen-bond acceptors (Lipinski definition) is 4. The van der Waals surface area contributed by atoms with Crippen LogP contribution in [-0.4, -0.2) is 46.3 Å². The molecule has 2 aromatic rings. The van der Waals surface area contributed by atoms with Crippen molar-refractivity contribution in [3.05, 3.63) is 53.0 Å². The van der Waals surface area contributed by atoms with Gasteiger partial charge in [0.1, 0.15) is 11.6 Å². The van der Waals surface area contributed by atoms with Crippen LogP contribution in [0.2, 0.25) is 0 Å². The maximum atomic E-state index is 12.8.